The van der Waals surface area contributed by atoms with Gasteiger partial charge in [0.25, 0.3) is 5.91 Å². The van der Waals surface area contributed by atoms with Crippen molar-refractivity contribution in [2.75, 3.05) is 19.7 Å². The Hall–Kier alpha value is -2.37. The van der Waals surface area contributed by atoms with Gasteiger partial charge in [-0.15, -0.1) is 0 Å². The maximum Gasteiger partial charge on any atom is 0.260 e. The molecule has 1 aromatic heterocycles. The number of benzene rings is 1. The highest BCUT2D eigenvalue weighted by molar-refractivity contribution is 5.77. The Morgan fingerprint density at radius 2 is 2.29 bits per heavy atom. The van der Waals surface area contributed by atoms with Gasteiger partial charge in [0.2, 0.25) is 0 Å². The van der Waals surface area contributed by atoms with Gasteiger partial charge in [-0.3, -0.25) is 4.79 Å². The van der Waals surface area contributed by atoms with Gasteiger partial charge in [0, 0.05) is 13.1 Å². The molecule has 128 valence electrons. The molecule has 3 rings (SSSR count). The van der Waals surface area contributed by atoms with Crippen LogP contribution in [0.2, 0.25) is 0 Å². The van der Waals surface area contributed by atoms with E-state index in [1.807, 2.05) is 27.8 Å². The van der Waals surface area contributed by atoms with Crippen molar-refractivity contribution in [3.63, 3.8) is 0 Å². The largest absolute Gasteiger partial charge is 0.484 e. The summed E-state index contributed by atoms with van der Waals surface area (Å²) in [5.74, 6) is 1.21. The smallest absolute Gasteiger partial charge is 0.260 e. The van der Waals surface area contributed by atoms with E-state index in [1.165, 1.54) is 11.9 Å². The number of nitrogens with zero attached hydrogens (tertiary/aromatic N) is 4. The Bertz CT molecular complexity index is 669. The molecule has 0 N–H and O–H groups in total. The molecule has 1 aromatic carbocycles. The number of rotatable bonds is 5. The number of carbonyl (C=O) groups is 1. The summed E-state index contributed by atoms with van der Waals surface area (Å²) in [5, 5.41) is 4.19. The van der Waals surface area contributed by atoms with Crippen LogP contribution in [-0.4, -0.2) is 45.3 Å². The zero-order valence-electron chi connectivity index (χ0n) is 14.3. The molecule has 2 aromatic rings. The third kappa shape index (κ3) is 3.93. The third-order valence-corrected chi connectivity index (χ3v) is 4.45. The summed E-state index contributed by atoms with van der Waals surface area (Å²) in [5.41, 5.74) is 1.21. The normalized spacial score (nSPS) is 18.0. The molecule has 0 bridgehead atoms. The maximum absolute atomic E-state index is 12.5. The zero-order chi connectivity index (χ0) is 16.9. The minimum absolute atomic E-state index is 0.0229. The molecule has 2 heterocycles. The first-order valence-electron chi connectivity index (χ1n) is 8.48. The van der Waals surface area contributed by atoms with Crippen LogP contribution < -0.4 is 4.74 Å². The monoisotopic (exact) mass is 328 g/mol. The number of amides is 1. The number of hydrogen-bond donors (Lipinski definition) is 0. The van der Waals surface area contributed by atoms with E-state index in [0.717, 1.165) is 25.1 Å². The van der Waals surface area contributed by atoms with Crippen LogP contribution in [-0.2, 0) is 4.79 Å². The van der Waals surface area contributed by atoms with Crippen molar-refractivity contribution in [3.8, 4) is 5.75 Å². The molecule has 6 nitrogen and oxygen atoms in total. The lowest BCUT2D eigenvalue weighted by molar-refractivity contribution is -0.135. The minimum Gasteiger partial charge on any atom is -0.484 e. The van der Waals surface area contributed by atoms with Crippen LogP contribution in [0.25, 0.3) is 0 Å². The van der Waals surface area contributed by atoms with Gasteiger partial charge >= 0.3 is 0 Å². The van der Waals surface area contributed by atoms with Crippen molar-refractivity contribution < 1.29 is 9.53 Å². The second-order valence-corrected chi connectivity index (χ2v) is 6.53. The van der Waals surface area contributed by atoms with Crippen molar-refractivity contribution in [2.24, 2.45) is 0 Å². The number of piperidine rings is 1. The van der Waals surface area contributed by atoms with E-state index in [4.69, 9.17) is 4.74 Å². The van der Waals surface area contributed by atoms with Crippen molar-refractivity contribution in [1.82, 2.24) is 19.7 Å². The molecule has 1 fully saturated rings. The molecule has 24 heavy (non-hydrogen) atoms. The fourth-order valence-corrected chi connectivity index (χ4v) is 3.00. The molecular formula is C18H24N4O2. The summed E-state index contributed by atoms with van der Waals surface area (Å²) < 4.78 is 7.55. The Kier molecular flexibility index (Phi) is 5.13. The lowest BCUT2D eigenvalue weighted by Gasteiger charge is -2.32. The molecule has 1 saturated heterocycles. The lowest BCUT2D eigenvalue weighted by atomic mass is 10.0. The Morgan fingerprint density at radius 1 is 1.42 bits per heavy atom. The summed E-state index contributed by atoms with van der Waals surface area (Å²) in [6.45, 7) is 5.80. The van der Waals surface area contributed by atoms with E-state index >= 15 is 0 Å². The van der Waals surface area contributed by atoms with Gasteiger partial charge < -0.3 is 9.64 Å². The fourth-order valence-electron chi connectivity index (χ4n) is 3.00. The summed E-state index contributed by atoms with van der Waals surface area (Å²) in [7, 11) is 0. The van der Waals surface area contributed by atoms with Gasteiger partial charge in [0.1, 0.15) is 18.4 Å². The molecule has 1 aliphatic heterocycles. The van der Waals surface area contributed by atoms with Crippen molar-refractivity contribution in [1.29, 1.82) is 0 Å². The first-order valence-corrected chi connectivity index (χ1v) is 8.48. The van der Waals surface area contributed by atoms with Crippen LogP contribution in [0, 0.1) is 0 Å². The first kappa shape index (κ1) is 16.5. The van der Waals surface area contributed by atoms with Gasteiger partial charge in [-0.2, -0.15) is 5.10 Å². The molecule has 0 spiro atoms. The second kappa shape index (κ2) is 7.47. The second-order valence-electron chi connectivity index (χ2n) is 6.53. The molecule has 1 atom stereocenters. The van der Waals surface area contributed by atoms with Crippen LogP contribution in [0.15, 0.2) is 36.9 Å². The van der Waals surface area contributed by atoms with Crippen molar-refractivity contribution in [3.05, 3.63) is 42.5 Å². The SMILES string of the molecule is CC(C)c1cccc(OCC(=O)N2CCCC(n3cncn3)C2)c1. The third-order valence-electron chi connectivity index (χ3n) is 4.45. The van der Waals surface area contributed by atoms with Gasteiger partial charge in [-0.25, -0.2) is 9.67 Å². The summed E-state index contributed by atoms with van der Waals surface area (Å²) in [6, 6.07) is 8.15. The van der Waals surface area contributed by atoms with Crippen LogP contribution in [0.3, 0.4) is 0 Å². The van der Waals surface area contributed by atoms with Gasteiger partial charge in [-0.05, 0) is 36.5 Å². The highest BCUT2D eigenvalue weighted by Gasteiger charge is 2.25. The van der Waals surface area contributed by atoms with E-state index in [-0.39, 0.29) is 18.6 Å². The molecule has 1 aliphatic rings. The van der Waals surface area contributed by atoms with Crippen molar-refractivity contribution in [2.45, 2.75) is 38.6 Å². The Labute approximate surface area is 142 Å². The fraction of sp³-hybridized carbons (Fsp3) is 0.500. The quantitative estimate of drug-likeness (QED) is 0.846. The van der Waals surface area contributed by atoms with E-state index in [2.05, 4.69) is 30.0 Å². The molecule has 1 unspecified atom stereocenters. The van der Waals surface area contributed by atoms with Crippen LogP contribution >= 0.6 is 0 Å². The standard InChI is InChI=1S/C18H24N4O2/c1-14(2)15-5-3-7-17(9-15)24-11-18(23)21-8-4-6-16(10-21)22-13-19-12-20-22/h3,5,7,9,12-14,16H,4,6,8,10-11H2,1-2H3. The molecule has 6 heteroatoms. The van der Waals surface area contributed by atoms with Gasteiger partial charge in [0.05, 0.1) is 6.04 Å². The first-order chi connectivity index (χ1) is 11.6. The average molecular weight is 328 g/mol. The van der Waals surface area contributed by atoms with Gasteiger partial charge in [-0.1, -0.05) is 26.0 Å². The number of aromatic nitrogens is 3. The zero-order valence-corrected chi connectivity index (χ0v) is 14.3. The molecule has 0 radical (unpaired) electrons. The minimum atomic E-state index is 0.0229. The van der Waals surface area contributed by atoms with Gasteiger partial charge in [0.15, 0.2) is 6.61 Å². The number of ether oxygens (including phenoxy) is 1. The summed E-state index contributed by atoms with van der Waals surface area (Å²) in [4.78, 5) is 18.3. The number of likely N-dealkylation sites (tertiary alicyclic amines) is 1. The topological polar surface area (TPSA) is 60.2 Å². The maximum atomic E-state index is 12.5. The number of carbonyl (C=O) groups excluding carboxylic acids is 1. The molecule has 0 aliphatic carbocycles. The number of hydrogen-bond acceptors (Lipinski definition) is 4. The molecular weight excluding hydrogens is 304 g/mol. The highest BCUT2D eigenvalue weighted by atomic mass is 16.5. The highest BCUT2D eigenvalue weighted by Crippen LogP contribution is 2.22. The molecule has 0 saturated carbocycles. The lowest BCUT2D eigenvalue weighted by Crippen LogP contribution is -2.43. The van der Waals surface area contributed by atoms with E-state index < -0.39 is 0 Å². The van der Waals surface area contributed by atoms with E-state index in [9.17, 15) is 4.79 Å². The Balaban J connectivity index is 1.56. The predicted molar refractivity (Wildman–Crippen MR) is 90.9 cm³/mol. The summed E-state index contributed by atoms with van der Waals surface area (Å²) in [6.07, 6.45) is 5.24. The average Bonchev–Trinajstić information content (AvgIpc) is 3.15. The molecule has 1 amide bonds. The predicted octanol–water partition coefficient (Wildman–Crippen LogP) is 2.64. The van der Waals surface area contributed by atoms with Crippen LogP contribution in [0.5, 0.6) is 5.75 Å². The van der Waals surface area contributed by atoms with Crippen LogP contribution in [0.1, 0.15) is 44.2 Å². The Morgan fingerprint density at radius 3 is 3.04 bits per heavy atom. The summed E-state index contributed by atoms with van der Waals surface area (Å²) >= 11 is 0. The van der Waals surface area contributed by atoms with Crippen molar-refractivity contribution >= 4 is 5.91 Å². The van der Waals surface area contributed by atoms with Crippen LogP contribution in [0.4, 0.5) is 0 Å². The van der Waals surface area contributed by atoms with E-state index in [1.54, 1.807) is 6.33 Å². The van der Waals surface area contributed by atoms with E-state index in [0.29, 0.717) is 12.5 Å².